The molecule has 1 N–H and O–H groups in total. The first-order valence-electron chi connectivity index (χ1n) is 6.87. The average Bonchev–Trinajstić information content (AvgIpc) is 2.33. The van der Waals surface area contributed by atoms with Crippen LogP contribution in [0.15, 0.2) is 0 Å². The number of hydrogen-bond donors (Lipinski definition) is 1. The summed E-state index contributed by atoms with van der Waals surface area (Å²) in [5, 5.41) is 2.18. The first-order chi connectivity index (χ1) is 8.99. The second-order valence-corrected chi connectivity index (χ2v) is 4.81. The number of nitrogens with zero attached hydrogens (tertiary/aromatic N) is 2. The normalized spacial score (nSPS) is 17.9. The summed E-state index contributed by atoms with van der Waals surface area (Å²) in [5.74, 6) is -0.911. The van der Waals surface area contributed by atoms with Gasteiger partial charge in [0.25, 0.3) is 0 Å². The van der Waals surface area contributed by atoms with Gasteiger partial charge in [-0.3, -0.25) is 19.8 Å². The van der Waals surface area contributed by atoms with E-state index in [1.807, 2.05) is 6.92 Å². The molecule has 1 heterocycles. The molecule has 1 aliphatic heterocycles. The molecule has 6 heteroatoms. The van der Waals surface area contributed by atoms with Crippen molar-refractivity contribution in [3.05, 3.63) is 0 Å². The first kappa shape index (κ1) is 15.6. The molecule has 4 amide bonds. The van der Waals surface area contributed by atoms with Crippen LogP contribution in [0.3, 0.4) is 0 Å². The van der Waals surface area contributed by atoms with Crippen LogP contribution in [0.25, 0.3) is 0 Å². The molecule has 0 aromatic rings. The molecule has 1 saturated heterocycles. The Morgan fingerprint density at radius 1 is 1.26 bits per heavy atom. The maximum Gasteiger partial charge on any atom is 0.331 e. The van der Waals surface area contributed by atoms with Gasteiger partial charge in [-0.15, -0.1) is 0 Å². The van der Waals surface area contributed by atoms with Gasteiger partial charge in [0.15, 0.2) is 0 Å². The van der Waals surface area contributed by atoms with Gasteiger partial charge in [-0.25, -0.2) is 4.79 Å². The minimum absolute atomic E-state index is 0.170. The molecule has 1 atom stereocenters. The Labute approximate surface area is 114 Å². The summed E-state index contributed by atoms with van der Waals surface area (Å²) in [7, 11) is 0. The van der Waals surface area contributed by atoms with Gasteiger partial charge in [0.1, 0.15) is 6.42 Å². The lowest BCUT2D eigenvalue weighted by molar-refractivity contribution is -0.137. The third-order valence-corrected chi connectivity index (χ3v) is 3.48. The molecule has 1 unspecified atom stereocenters. The summed E-state index contributed by atoms with van der Waals surface area (Å²) in [6, 6.07) is -0.757. The molecule has 0 spiro atoms. The maximum absolute atomic E-state index is 11.7. The Morgan fingerprint density at radius 3 is 2.42 bits per heavy atom. The number of rotatable bonds is 7. The molecule has 6 nitrogen and oxygen atoms in total. The molecule has 0 saturated carbocycles. The fourth-order valence-electron chi connectivity index (χ4n) is 2.28. The lowest BCUT2D eigenvalue weighted by Gasteiger charge is -2.30. The van der Waals surface area contributed by atoms with Crippen molar-refractivity contribution in [1.82, 2.24) is 15.1 Å². The molecule has 19 heavy (non-hydrogen) atoms. The first-order valence-corrected chi connectivity index (χ1v) is 6.87. The fraction of sp³-hybridized carbons (Fsp3) is 0.769. The fourth-order valence-corrected chi connectivity index (χ4v) is 2.28. The third kappa shape index (κ3) is 4.31. The molecular formula is C13H23N3O3. The number of carbonyl (C=O) groups excluding carboxylic acids is 3. The summed E-state index contributed by atoms with van der Waals surface area (Å²) < 4.78 is 0. The van der Waals surface area contributed by atoms with E-state index in [4.69, 9.17) is 0 Å². The van der Waals surface area contributed by atoms with E-state index in [2.05, 4.69) is 24.1 Å². The highest BCUT2D eigenvalue weighted by atomic mass is 16.2. The molecule has 0 bridgehead atoms. The van der Waals surface area contributed by atoms with Crippen molar-refractivity contribution < 1.29 is 14.4 Å². The van der Waals surface area contributed by atoms with Crippen molar-refractivity contribution in [3.63, 3.8) is 0 Å². The smallest absolute Gasteiger partial charge is 0.304 e. The van der Waals surface area contributed by atoms with E-state index in [0.29, 0.717) is 0 Å². The monoisotopic (exact) mass is 269 g/mol. The summed E-state index contributed by atoms with van der Waals surface area (Å²) in [6.45, 7) is 9.03. The molecule has 108 valence electrons. The van der Waals surface area contributed by atoms with Gasteiger partial charge in [0.05, 0.1) is 0 Å². The lowest BCUT2D eigenvalue weighted by atomic mass is 10.1. The second kappa shape index (κ2) is 7.23. The van der Waals surface area contributed by atoms with E-state index in [1.54, 1.807) is 0 Å². The van der Waals surface area contributed by atoms with Crippen molar-refractivity contribution in [3.8, 4) is 0 Å². The van der Waals surface area contributed by atoms with Crippen LogP contribution < -0.4 is 5.32 Å². The van der Waals surface area contributed by atoms with E-state index in [1.165, 1.54) is 4.90 Å². The minimum atomic E-state index is -0.586. The highest BCUT2D eigenvalue weighted by molar-refractivity contribution is 6.14. The van der Waals surface area contributed by atoms with Crippen molar-refractivity contribution in [2.24, 2.45) is 0 Å². The van der Waals surface area contributed by atoms with Crippen LogP contribution in [0, 0.1) is 0 Å². The van der Waals surface area contributed by atoms with Crippen LogP contribution in [0.1, 0.15) is 40.0 Å². The van der Waals surface area contributed by atoms with Gasteiger partial charge in [-0.2, -0.15) is 0 Å². The summed E-state index contributed by atoms with van der Waals surface area (Å²) in [5.41, 5.74) is 0. The number of nitrogens with one attached hydrogen (secondary N) is 1. The molecular weight excluding hydrogens is 246 g/mol. The number of hydrogen-bond acceptors (Lipinski definition) is 4. The van der Waals surface area contributed by atoms with Crippen molar-refractivity contribution in [2.45, 2.75) is 46.1 Å². The minimum Gasteiger partial charge on any atom is -0.304 e. The average molecular weight is 269 g/mol. The van der Waals surface area contributed by atoms with Crippen LogP contribution in [-0.2, 0) is 9.59 Å². The van der Waals surface area contributed by atoms with Crippen LogP contribution in [-0.4, -0.2) is 53.3 Å². The topological polar surface area (TPSA) is 69.7 Å². The highest BCUT2D eigenvalue weighted by Gasteiger charge is 2.33. The van der Waals surface area contributed by atoms with Gasteiger partial charge in [-0.05, 0) is 39.4 Å². The molecule has 0 aromatic carbocycles. The zero-order valence-corrected chi connectivity index (χ0v) is 11.9. The van der Waals surface area contributed by atoms with E-state index in [9.17, 15) is 14.4 Å². The predicted octanol–water partition coefficient (Wildman–Crippen LogP) is 0.965. The number of urea groups is 1. The van der Waals surface area contributed by atoms with E-state index < -0.39 is 17.8 Å². The standard InChI is InChI=1S/C13H23N3O3/c1-4-15(5-2)8-6-7-10(3)16-12(18)9-11(17)14-13(16)19/h10H,4-9H2,1-3H3,(H,14,17,19). The molecule has 1 fully saturated rings. The third-order valence-electron chi connectivity index (χ3n) is 3.48. The highest BCUT2D eigenvalue weighted by Crippen LogP contribution is 2.12. The zero-order chi connectivity index (χ0) is 14.4. The number of barbiturate groups is 1. The Bertz CT molecular complexity index is 333. The number of carbonyl (C=O) groups is 3. The quantitative estimate of drug-likeness (QED) is 0.699. The molecule has 1 aliphatic rings. The van der Waals surface area contributed by atoms with Gasteiger partial charge < -0.3 is 4.90 Å². The second-order valence-electron chi connectivity index (χ2n) is 4.81. The largest absolute Gasteiger partial charge is 0.331 e. The molecule has 1 rings (SSSR count). The maximum atomic E-state index is 11.7. The summed E-state index contributed by atoms with van der Waals surface area (Å²) in [4.78, 5) is 37.8. The number of amides is 4. The van der Waals surface area contributed by atoms with Crippen molar-refractivity contribution >= 4 is 17.8 Å². The van der Waals surface area contributed by atoms with E-state index >= 15 is 0 Å². The summed E-state index contributed by atoms with van der Waals surface area (Å²) in [6.07, 6.45) is 1.45. The van der Waals surface area contributed by atoms with Gasteiger partial charge in [0, 0.05) is 6.04 Å². The van der Waals surface area contributed by atoms with Crippen LogP contribution in [0.4, 0.5) is 4.79 Å². The molecule has 0 aromatic heterocycles. The Kier molecular flexibility index (Phi) is 5.95. The van der Waals surface area contributed by atoms with Crippen molar-refractivity contribution in [2.75, 3.05) is 19.6 Å². The van der Waals surface area contributed by atoms with E-state index in [0.717, 1.165) is 32.5 Å². The Morgan fingerprint density at radius 2 is 1.89 bits per heavy atom. The van der Waals surface area contributed by atoms with Gasteiger partial charge >= 0.3 is 6.03 Å². The molecule has 0 radical (unpaired) electrons. The van der Waals surface area contributed by atoms with Gasteiger partial charge in [0.2, 0.25) is 11.8 Å². The SMILES string of the molecule is CCN(CC)CCCC(C)N1C(=O)CC(=O)NC1=O. The van der Waals surface area contributed by atoms with Crippen molar-refractivity contribution in [1.29, 1.82) is 0 Å². The van der Waals surface area contributed by atoms with Crippen LogP contribution in [0.2, 0.25) is 0 Å². The number of imide groups is 2. The van der Waals surface area contributed by atoms with Crippen LogP contribution >= 0.6 is 0 Å². The van der Waals surface area contributed by atoms with Crippen LogP contribution in [0.5, 0.6) is 0 Å². The predicted molar refractivity (Wildman–Crippen MR) is 71.5 cm³/mol. The Balaban J connectivity index is 2.44. The van der Waals surface area contributed by atoms with E-state index in [-0.39, 0.29) is 12.5 Å². The molecule has 0 aliphatic carbocycles. The Hall–Kier alpha value is -1.43. The zero-order valence-electron chi connectivity index (χ0n) is 11.9. The van der Waals surface area contributed by atoms with Gasteiger partial charge in [-0.1, -0.05) is 13.8 Å². The summed E-state index contributed by atoms with van der Waals surface area (Å²) >= 11 is 0. The lowest BCUT2D eigenvalue weighted by Crippen LogP contribution is -2.55.